The zero-order valence-corrected chi connectivity index (χ0v) is 16.2. The van der Waals surface area contributed by atoms with Gasteiger partial charge in [-0.3, -0.25) is 4.68 Å². The highest BCUT2D eigenvalue weighted by atomic mass is 15.2. The number of hydrogen-bond donors (Lipinski definition) is 0. The molecule has 0 bridgehead atoms. The fourth-order valence-corrected chi connectivity index (χ4v) is 1.76. The summed E-state index contributed by atoms with van der Waals surface area (Å²) in [5, 5.41) is 4.30. The van der Waals surface area contributed by atoms with Gasteiger partial charge in [0.15, 0.2) is 0 Å². The maximum Gasteiger partial charge on any atom is 0.0677 e. The molecule has 0 saturated heterocycles. The average Bonchev–Trinajstić information content (AvgIpc) is 3.00. The first-order valence-corrected chi connectivity index (χ1v) is 8.13. The fourth-order valence-electron chi connectivity index (χ4n) is 1.76. The molecule has 3 heteroatoms. The van der Waals surface area contributed by atoms with E-state index in [1.807, 2.05) is 31.8 Å². The molecule has 2 rings (SSSR count). The summed E-state index contributed by atoms with van der Waals surface area (Å²) >= 11 is 0. The molecule has 0 atom stereocenters. The number of aryl methyl sites for hydroxylation is 2. The molecular weight excluding hydrogens is 270 g/mol. The third-order valence-corrected chi connectivity index (χ3v) is 3.18. The summed E-state index contributed by atoms with van der Waals surface area (Å²) in [7, 11) is 3.99. The fraction of sp³-hybridized carbons (Fsp3) is 0.632. The van der Waals surface area contributed by atoms with Crippen molar-refractivity contribution < 1.29 is 0 Å². The molecule has 0 fully saturated rings. The van der Waals surface area contributed by atoms with Crippen molar-refractivity contribution in [3.63, 3.8) is 0 Å². The average molecular weight is 306 g/mol. The molecule has 0 amide bonds. The second kappa shape index (κ2) is 8.21. The smallest absolute Gasteiger partial charge is 0.0677 e. The van der Waals surface area contributed by atoms with Crippen LogP contribution in [0.5, 0.6) is 0 Å². The van der Waals surface area contributed by atoms with E-state index in [-0.39, 0.29) is 5.41 Å². The Balaban J connectivity index is 0.000000360. The van der Waals surface area contributed by atoms with Gasteiger partial charge in [0.25, 0.3) is 0 Å². The largest absolute Gasteiger partial charge is 0.357 e. The summed E-state index contributed by atoms with van der Waals surface area (Å²) in [6.45, 7) is 17.2. The first-order chi connectivity index (χ1) is 10.00. The summed E-state index contributed by atoms with van der Waals surface area (Å²) in [5.41, 5.74) is 3.02. The first kappa shape index (κ1) is 20.5. The van der Waals surface area contributed by atoms with Gasteiger partial charge in [-0.1, -0.05) is 55.4 Å². The van der Waals surface area contributed by atoms with Crippen molar-refractivity contribution in [1.82, 2.24) is 14.3 Å². The minimum Gasteiger partial charge on any atom is -0.357 e. The molecule has 0 aromatic carbocycles. The van der Waals surface area contributed by atoms with Crippen molar-refractivity contribution in [1.29, 1.82) is 0 Å². The van der Waals surface area contributed by atoms with Gasteiger partial charge in [0.05, 0.1) is 5.69 Å². The number of nitrogens with zero attached hydrogens (tertiary/aromatic N) is 3. The molecule has 2 heterocycles. The molecule has 0 unspecified atom stereocenters. The predicted molar refractivity (Wildman–Crippen MR) is 97.4 cm³/mol. The van der Waals surface area contributed by atoms with Gasteiger partial charge in [-0.05, 0) is 23.1 Å². The van der Waals surface area contributed by atoms with E-state index in [1.165, 1.54) is 5.56 Å². The van der Waals surface area contributed by atoms with E-state index in [0.717, 1.165) is 5.69 Å². The van der Waals surface area contributed by atoms with Gasteiger partial charge in [0.1, 0.15) is 0 Å². The number of hydrogen-bond acceptors (Lipinski definition) is 1. The van der Waals surface area contributed by atoms with Crippen LogP contribution in [0, 0.1) is 0 Å². The predicted octanol–water partition coefficient (Wildman–Crippen LogP) is 5.07. The van der Waals surface area contributed by atoms with Gasteiger partial charge in [-0.2, -0.15) is 5.10 Å². The van der Waals surface area contributed by atoms with E-state index in [2.05, 4.69) is 82.8 Å². The van der Waals surface area contributed by atoms with Crippen LogP contribution in [-0.4, -0.2) is 14.3 Å². The maximum absolute atomic E-state index is 4.30. The van der Waals surface area contributed by atoms with E-state index < -0.39 is 0 Å². The molecule has 0 saturated carbocycles. The van der Waals surface area contributed by atoms with Crippen molar-refractivity contribution in [2.45, 2.75) is 66.2 Å². The number of aromatic nitrogens is 3. The monoisotopic (exact) mass is 305 g/mol. The molecule has 0 radical (unpaired) electrons. The summed E-state index contributed by atoms with van der Waals surface area (Å²) < 4.78 is 3.92. The Morgan fingerprint density at radius 3 is 1.55 bits per heavy atom. The van der Waals surface area contributed by atoms with E-state index in [4.69, 9.17) is 0 Å². The SMILES string of the molecule is CC.Cn1ccc(C(C)(C)C)c1.Cn1ccc(C(C)(C)C)n1. The van der Waals surface area contributed by atoms with Crippen LogP contribution in [-0.2, 0) is 24.9 Å². The third-order valence-electron chi connectivity index (χ3n) is 3.18. The highest BCUT2D eigenvalue weighted by Crippen LogP contribution is 2.21. The minimum atomic E-state index is 0.182. The van der Waals surface area contributed by atoms with Gasteiger partial charge >= 0.3 is 0 Å². The maximum atomic E-state index is 4.30. The topological polar surface area (TPSA) is 22.8 Å². The second-order valence-electron chi connectivity index (χ2n) is 7.44. The van der Waals surface area contributed by atoms with Gasteiger partial charge in [0, 0.05) is 38.1 Å². The van der Waals surface area contributed by atoms with Gasteiger partial charge in [-0.25, -0.2) is 0 Å². The van der Waals surface area contributed by atoms with Crippen molar-refractivity contribution >= 4 is 0 Å². The van der Waals surface area contributed by atoms with E-state index >= 15 is 0 Å². The number of rotatable bonds is 0. The van der Waals surface area contributed by atoms with Gasteiger partial charge < -0.3 is 4.57 Å². The van der Waals surface area contributed by atoms with Crippen molar-refractivity contribution in [2.24, 2.45) is 14.1 Å². The van der Waals surface area contributed by atoms with Gasteiger partial charge in [0.2, 0.25) is 0 Å². The zero-order chi connectivity index (χ0) is 17.6. The van der Waals surface area contributed by atoms with Crippen molar-refractivity contribution in [3.05, 3.63) is 42.0 Å². The Hall–Kier alpha value is -1.51. The van der Waals surface area contributed by atoms with Crippen LogP contribution in [0.1, 0.15) is 66.6 Å². The third kappa shape index (κ3) is 6.97. The molecule has 0 spiro atoms. The molecule has 126 valence electrons. The van der Waals surface area contributed by atoms with E-state index in [9.17, 15) is 0 Å². The molecule has 0 aliphatic carbocycles. The molecule has 22 heavy (non-hydrogen) atoms. The zero-order valence-electron chi connectivity index (χ0n) is 16.2. The Morgan fingerprint density at radius 1 is 0.818 bits per heavy atom. The Labute approximate surface area is 137 Å². The summed E-state index contributed by atoms with van der Waals surface area (Å²) in [4.78, 5) is 0. The Bertz CT molecular complexity index is 483. The summed E-state index contributed by atoms with van der Waals surface area (Å²) in [6, 6.07) is 4.22. The molecule has 2 aromatic rings. The molecule has 3 nitrogen and oxygen atoms in total. The van der Waals surface area contributed by atoms with Crippen LogP contribution in [0.25, 0.3) is 0 Å². The van der Waals surface area contributed by atoms with Crippen molar-refractivity contribution in [2.75, 3.05) is 0 Å². The first-order valence-electron chi connectivity index (χ1n) is 8.13. The second-order valence-corrected chi connectivity index (χ2v) is 7.44. The standard InChI is InChI=1S/C9H15N.C8H14N2.C2H6/c1-9(2,3)8-5-6-10(4)7-8;1-8(2,3)7-5-6-10(4)9-7;1-2/h5-7H,1-4H3;5-6H,1-4H3;1-2H3. The molecule has 2 aromatic heterocycles. The van der Waals surface area contributed by atoms with Crippen LogP contribution >= 0.6 is 0 Å². The normalized spacial score (nSPS) is 11.2. The lowest BCUT2D eigenvalue weighted by molar-refractivity contribution is 0.553. The van der Waals surface area contributed by atoms with Crippen LogP contribution in [0.4, 0.5) is 0 Å². The summed E-state index contributed by atoms with van der Waals surface area (Å²) in [6.07, 6.45) is 6.22. The van der Waals surface area contributed by atoms with Crippen molar-refractivity contribution in [3.8, 4) is 0 Å². The Kier molecular flexibility index (Phi) is 7.65. The highest BCUT2D eigenvalue weighted by Gasteiger charge is 2.15. The molecular formula is C19H35N3. The lowest BCUT2D eigenvalue weighted by Crippen LogP contribution is -2.12. The highest BCUT2D eigenvalue weighted by molar-refractivity contribution is 5.19. The van der Waals surface area contributed by atoms with Crippen LogP contribution in [0.2, 0.25) is 0 Å². The van der Waals surface area contributed by atoms with E-state index in [1.54, 1.807) is 0 Å². The summed E-state index contributed by atoms with van der Waals surface area (Å²) in [5.74, 6) is 0. The minimum absolute atomic E-state index is 0.182. The van der Waals surface area contributed by atoms with Gasteiger partial charge in [-0.15, -0.1) is 0 Å². The Morgan fingerprint density at radius 2 is 1.36 bits per heavy atom. The molecule has 0 aliphatic heterocycles. The van der Waals surface area contributed by atoms with Crippen LogP contribution in [0.15, 0.2) is 30.7 Å². The molecule has 0 N–H and O–H groups in total. The van der Waals surface area contributed by atoms with E-state index in [0.29, 0.717) is 5.41 Å². The van der Waals surface area contributed by atoms with Crippen LogP contribution < -0.4 is 0 Å². The molecule has 0 aliphatic rings. The van der Waals surface area contributed by atoms with Crippen LogP contribution in [0.3, 0.4) is 0 Å². The lowest BCUT2D eigenvalue weighted by Gasteiger charge is -2.15. The lowest BCUT2D eigenvalue weighted by atomic mass is 9.89. The quantitative estimate of drug-likeness (QED) is 0.666.